The zero-order valence-corrected chi connectivity index (χ0v) is 16.5. The van der Waals surface area contributed by atoms with E-state index < -0.39 is 11.6 Å². The van der Waals surface area contributed by atoms with Gasteiger partial charge in [-0.1, -0.05) is 29.8 Å². The summed E-state index contributed by atoms with van der Waals surface area (Å²) < 4.78 is 29.2. The molecule has 0 saturated carbocycles. The first-order chi connectivity index (χ1) is 15.1. The van der Waals surface area contributed by atoms with Gasteiger partial charge in [-0.2, -0.15) is 15.3 Å². The summed E-state index contributed by atoms with van der Waals surface area (Å²) >= 11 is 0. The van der Waals surface area contributed by atoms with Gasteiger partial charge in [-0.15, -0.1) is 0 Å². The molecule has 0 unspecified atom stereocenters. The molecule has 3 heterocycles. The van der Waals surface area contributed by atoms with Crippen molar-refractivity contribution in [1.82, 2.24) is 29.9 Å². The number of aryl methyl sites for hydroxylation is 1. The standard InChI is InChI=1S/C23H16F2N6/c1-14-4-2-5-15(10-14)19-9-8-16(29-30-19)12-31-13-21-20(11-26-31)27-23(28-21)17-6-3-7-18(24)22(17)25/h2-11,13H,12H2,1H3. The van der Waals surface area contributed by atoms with Crippen molar-refractivity contribution < 1.29 is 8.78 Å². The summed E-state index contributed by atoms with van der Waals surface area (Å²) in [5.41, 5.74) is 4.72. The van der Waals surface area contributed by atoms with Crippen LogP contribution in [0.15, 0.2) is 67.0 Å². The molecule has 0 aliphatic carbocycles. The fraction of sp³-hybridized carbons (Fsp3) is 0.0870. The van der Waals surface area contributed by atoms with Gasteiger partial charge >= 0.3 is 0 Å². The maximum Gasteiger partial charge on any atom is 0.169 e. The molecule has 8 heteroatoms. The van der Waals surface area contributed by atoms with Crippen molar-refractivity contribution in [2.75, 3.05) is 0 Å². The molecule has 6 nitrogen and oxygen atoms in total. The van der Waals surface area contributed by atoms with E-state index in [-0.39, 0.29) is 11.4 Å². The first-order valence-corrected chi connectivity index (χ1v) is 9.61. The molecule has 2 aromatic carbocycles. The Morgan fingerprint density at radius 3 is 2.52 bits per heavy atom. The molecule has 0 radical (unpaired) electrons. The van der Waals surface area contributed by atoms with E-state index in [1.807, 2.05) is 37.3 Å². The maximum absolute atomic E-state index is 14.1. The number of imidazole rings is 1. The summed E-state index contributed by atoms with van der Waals surface area (Å²) in [5, 5.41) is 12.9. The van der Waals surface area contributed by atoms with E-state index in [0.717, 1.165) is 28.6 Å². The number of benzene rings is 2. The lowest BCUT2D eigenvalue weighted by Crippen LogP contribution is -2.07. The van der Waals surface area contributed by atoms with E-state index in [2.05, 4.69) is 31.3 Å². The first kappa shape index (κ1) is 18.9. The second-order valence-corrected chi connectivity index (χ2v) is 7.17. The maximum atomic E-state index is 14.1. The number of hydrogen-bond acceptors (Lipinski definition) is 5. The van der Waals surface area contributed by atoms with Gasteiger partial charge in [0.05, 0.1) is 35.9 Å². The molecule has 0 fully saturated rings. The number of hydrogen-bond donors (Lipinski definition) is 0. The van der Waals surface area contributed by atoms with Crippen LogP contribution in [-0.2, 0) is 6.54 Å². The van der Waals surface area contributed by atoms with E-state index in [1.54, 1.807) is 10.9 Å². The topological polar surface area (TPSA) is 69.4 Å². The largest absolute Gasteiger partial charge is 0.264 e. The van der Waals surface area contributed by atoms with E-state index in [0.29, 0.717) is 17.9 Å². The quantitative estimate of drug-likeness (QED) is 0.432. The monoisotopic (exact) mass is 414 g/mol. The van der Waals surface area contributed by atoms with Crippen molar-refractivity contribution in [3.8, 4) is 34.0 Å². The van der Waals surface area contributed by atoms with E-state index >= 15 is 0 Å². The van der Waals surface area contributed by atoms with E-state index in [1.165, 1.54) is 18.3 Å². The normalized spacial score (nSPS) is 11.2. The third-order valence-electron chi connectivity index (χ3n) is 4.86. The molecule has 0 saturated heterocycles. The van der Waals surface area contributed by atoms with Crippen LogP contribution in [0.5, 0.6) is 0 Å². The van der Waals surface area contributed by atoms with Crippen LogP contribution in [-0.4, -0.2) is 29.9 Å². The molecule has 3 aromatic rings. The van der Waals surface area contributed by atoms with Crippen LogP contribution >= 0.6 is 0 Å². The summed E-state index contributed by atoms with van der Waals surface area (Å²) in [4.78, 5) is 8.60. The molecular weight excluding hydrogens is 398 g/mol. The smallest absolute Gasteiger partial charge is 0.169 e. The third kappa shape index (κ3) is 3.75. The molecule has 0 bridgehead atoms. The summed E-state index contributed by atoms with van der Waals surface area (Å²) in [6, 6.07) is 15.8. The Labute approximate surface area is 176 Å². The van der Waals surface area contributed by atoms with Gasteiger partial charge in [0.15, 0.2) is 17.5 Å². The van der Waals surface area contributed by atoms with E-state index in [9.17, 15) is 8.78 Å². The van der Waals surface area contributed by atoms with Crippen molar-refractivity contribution in [2.24, 2.45) is 0 Å². The molecule has 31 heavy (non-hydrogen) atoms. The van der Waals surface area contributed by atoms with Gasteiger partial charge in [0, 0.05) is 5.56 Å². The Hall–Kier alpha value is -4.07. The van der Waals surface area contributed by atoms with Crippen LogP contribution in [0.2, 0.25) is 0 Å². The molecule has 2 aliphatic rings. The molecule has 5 rings (SSSR count). The number of nitrogens with zero attached hydrogens (tertiary/aromatic N) is 6. The van der Waals surface area contributed by atoms with Gasteiger partial charge in [-0.05, 0) is 37.3 Å². The molecule has 1 aromatic heterocycles. The van der Waals surface area contributed by atoms with Gasteiger partial charge in [-0.25, -0.2) is 18.7 Å². The second-order valence-electron chi connectivity index (χ2n) is 7.17. The van der Waals surface area contributed by atoms with Crippen molar-refractivity contribution in [1.29, 1.82) is 0 Å². The Kier molecular flexibility index (Phi) is 4.66. The van der Waals surface area contributed by atoms with Crippen LogP contribution in [0, 0.1) is 18.6 Å². The first-order valence-electron chi connectivity index (χ1n) is 9.61. The lowest BCUT2D eigenvalue weighted by atomic mass is 10.1. The minimum Gasteiger partial charge on any atom is -0.264 e. The van der Waals surface area contributed by atoms with Gasteiger partial charge in [-0.3, -0.25) is 4.68 Å². The van der Waals surface area contributed by atoms with E-state index in [4.69, 9.17) is 0 Å². The summed E-state index contributed by atoms with van der Waals surface area (Å²) in [7, 11) is 0. The highest BCUT2D eigenvalue weighted by atomic mass is 19.2. The number of fused-ring (bicyclic) bond motifs is 1. The second kappa shape index (κ2) is 7.64. The molecule has 0 N–H and O–H groups in total. The minimum absolute atomic E-state index is 0.0142. The molecule has 0 atom stereocenters. The Balaban J connectivity index is 1.40. The number of halogens is 2. The number of aromatic nitrogens is 6. The minimum atomic E-state index is -0.970. The Bertz CT molecular complexity index is 1350. The molecule has 0 spiro atoms. The lowest BCUT2D eigenvalue weighted by Gasteiger charge is -2.06. The Morgan fingerprint density at radius 1 is 0.871 bits per heavy atom. The van der Waals surface area contributed by atoms with Crippen molar-refractivity contribution in [3.05, 3.63) is 89.9 Å². The molecular formula is C23H16F2N6. The SMILES string of the molecule is Cc1cccc(-c2ccc(Cn3cc4nc(-c5cccc(F)c5F)nc-4cn3)nn2)c1. The van der Waals surface area contributed by atoms with Crippen molar-refractivity contribution in [3.63, 3.8) is 0 Å². The molecule has 152 valence electrons. The zero-order valence-electron chi connectivity index (χ0n) is 16.5. The van der Waals surface area contributed by atoms with Crippen LogP contribution in [0.1, 0.15) is 11.3 Å². The average molecular weight is 414 g/mol. The van der Waals surface area contributed by atoms with Crippen LogP contribution in [0.25, 0.3) is 34.0 Å². The van der Waals surface area contributed by atoms with Crippen molar-refractivity contribution >= 4 is 0 Å². The third-order valence-corrected chi connectivity index (χ3v) is 4.86. The van der Waals surface area contributed by atoms with Crippen LogP contribution in [0.3, 0.4) is 0 Å². The number of rotatable bonds is 4. The average Bonchev–Trinajstić information content (AvgIpc) is 3.19. The summed E-state index contributed by atoms with van der Waals surface area (Å²) in [5.74, 6) is -1.79. The van der Waals surface area contributed by atoms with Gasteiger partial charge in [0.1, 0.15) is 11.4 Å². The van der Waals surface area contributed by atoms with Gasteiger partial charge < -0.3 is 0 Å². The fourth-order valence-electron chi connectivity index (χ4n) is 3.31. The van der Waals surface area contributed by atoms with Gasteiger partial charge in [0.2, 0.25) is 0 Å². The van der Waals surface area contributed by atoms with Crippen LogP contribution < -0.4 is 0 Å². The predicted octanol–water partition coefficient (Wildman–Crippen LogP) is 4.54. The Morgan fingerprint density at radius 2 is 1.71 bits per heavy atom. The predicted molar refractivity (Wildman–Crippen MR) is 111 cm³/mol. The summed E-state index contributed by atoms with van der Waals surface area (Å²) in [6.45, 7) is 2.41. The highest BCUT2D eigenvalue weighted by Gasteiger charge is 2.18. The van der Waals surface area contributed by atoms with Gasteiger partial charge in [0.25, 0.3) is 0 Å². The fourth-order valence-corrected chi connectivity index (χ4v) is 3.31. The summed E-state index contributed by atoms with van der Waals surface area (Å²) in [6.07, 6.45) is 3.23. The zero-order chi connectivity index (χ0) is 21.4. The van der Waals surface area contributed by atoms with Crippen LogP contribution in [0.4, 0.5) is 8.78 Å². The molecule has 2 aliphatic heterocycles. The lowest BCUT2D eigenvalue weighted by molar-refractivity contribution is 0.510. The van der Waals surface area contributed by atoms with Crippen molar-refractivity contribution in [2.45, 2.75) is 13.5 Å². The highest BCUT2D eigenvalue weighted by molar-refractivity contribution is 5.65. The molecule has 0 amide bonds. The highest BCUT2D eigenvalue weighted by Crippen LogP contribution is 2.27.